The Morgan fingerprint density at radius 2 is 1.76 bits per heavy atom. The van der Waals surface area contributed by atoms with Gasteiger partial charge in [-0.05, 0) is 54.8 Å². The standard InChI is InChI=1S/C22H21ClN2O4/c1-29-18-10-8-17(9-11-18)25-21(27)13-19(22(25)28)24(16-6-7-16)20(26)12-14-2-4-15(23)5-3-14/h2-5,8-11,16,19H,6-7,12-13H2,1H3. The van der Waals surface area contributed by atoms with Crippen LogP contribution in [0.25, 0.3) is 0 Å². The number of hydrogen-bond acceptors (Lipinski definition) is 4. The molecule has 7 heteroatoms. The number of rotatable bonds is 6. The minimum absolute atomic E-state index is 0.00766. The summed E-state index contributed by atoms with van der Waals surface area (Å²) in [6.45, 7) is 0. The van der Waals surface area contributed by atoms with E-state index in [9.17, 15) is 14.4 Å². The van der Waals surface area contributed by atoms with Crippen LogP contribution in [-0.2, 0) is 20.8 Å². The number of nitrogens with zero attached hydrogens (tertiary/aromatic N) is 2. The molecule has 3 amide bonds. The molecule has 1 saturated carbocycles. The molecule has 2 aromatic rings. The largest absolute Gasteiger partial charge is 0.497 e. The van der Waals surface area contributed by atoms with E-state index in [-0.39, 0.29) is 36.6 Å². The molecule has 0 radical (unpaired) electrons. The zero-order valence-electron chi connectivity index (χ0n) is 16.0. The molecule has 2 aliphatic rings. The highest BCUT2D eigenvalue weighted by Gasteiger charge is 2.48. The summed E-state index contributed by atoms with van der Waals surface area (Å²) in [5, 5.41) is 0.604. The predicted octanol–water partition coefficient (Wildman–Crippen LogP) is 3.21. The van der Waals surface area contributed by atoms with Gasteiger partial charge < -0.3 is 9.64 Å². The Balaban J connectivity index is 1.54. The number of carbonyl (C=O) groups is 3. The highest BCUT2D eigenvalue weighted by atomic mass is 35.5. The minimum atomic E-state index is -0.753. The Kier molecular flexibility index (Phi) is 5.28. The number of imide groups is 1. The van der Waals surface area contributed by atoms with Crippen LogP contribution in [0.1, 0.15) is 24.8 Å². The van der Waals surface area contributed by atoms with E-state index in [1.165, 1.54) is 4.90 Å². The van der Waals surface area contributed by atoms with E-state index in [0.29, 0.717) is 16.5 Å². The lowest BCUT2D eigenvalue weighted by Gasteiger charge is -2.27. The summed E-state index contributed by atoms with van der Waals surface area (Å²) in [5.74, 6) is -0.147. The third-order valence-corrected chi connectivity index (χ3v) is 5.54. The maximum atomic E-state index is 13.1. The molecule has 0 bridgehead atoms. The quantitative estimate of drug-likeness (QED) is 0.683. The maximum absolute atomic E-state index is 13.1. The van der Waals surface area contributed by atoms with Crippen LogP contribution >= 0.6 is 11.6 Å². The van der Waals surface area contributed by atoms with Crippen molar-refractivity contribution < 1.29 is 19.1 Å². The van der Waals surface area contributed by atoms with Gasteiger partial charge in [-0.1, -0.05) is 23.7 Å². The summed E-state index contributed by atoms with van der Waals surface area (Å²) in [4.78, 5) is 41.6. The first-order valence-corrected chi connectivity index (χ1v) is 9.92. The normalized spacial score (nSPS) is 18.8. The van der Waals surface area contributed by atoms with Crippen molar-refractivity contribution in [1.29, 1.82) is 0 Å². The molecule has 0 N–H and O–H groups in total. The molecule has 0 aromatic heterocycles. The second-order valence-electron chi connectivity index (χ2n) is 7.32. The van der Waals surface area contributed by atoms with E-state index in [1.807, 2.05) is 0 Å². The molecule has 1 heterocycles. The molecule has 150 valence electrons. The van der Waals surface area contributed by atoms with Crippen LogP contribution < -0.4 is 9.64 Å². The van der Waals surface area contributed by atoms with Gasteiger partial charge in [0, 0.05) is 11.1 Å². The molecule has 29 heavy (non-hydrogen) atoms. The first kappa shape index (κ1) is 19.5. The fraction of sp³-hybridized carbons (Fsp3) is 0.318. The molecule has 1 aliphatic heterocycles. The van der Waals surface area contributed by atoms with E-state index < -0.39 is 6.04 Å². The lowest BCUT2D eigenvalue weighted by molar-refractivity contribution is -0.138. The average Bonchev–Trinajstić information content (AvgIpc) is 3.50. The molecule has 1 saturated heterocycles. The van der Waals surface area contributed by atoms with E-state index in [1.54, 1.807) is 60.5 Å². The molecular weight excluding hydrogens is 392 g/mol. The Hall–Kier alpha value is -2.86. The first-order chi connectivity index (χ1) is 14.0. The molecule has 2 fully saturated rings. The van der Waals surface area contributed by atoms with Crippen molar-refractivity contribution in [3.8, 4) is 5.75 Å². The fourth-order valence-corrected chi connectivity index (χ4v) is 3.81. The van der Waals surface area contributed by atoms with Crippen molar-refractivity contribution in [3.05, 3.63) is 59.1 Å². The second kappa shape index (κ2) is 7.87. The first-order valence-electron chi connectivity index (χ1n) is 9.54. The van der Waals surface area contributed by atoms with Crippen molar-refractivity contribution in [3.63, 3.8) is 0 Å². The third kappa shape index (κ3) is 3.98. The lowest BCUT2D eigenvalue weighted by Crippen LogP contribution is -2.47. The smallest absolute Gasteiger partial charge is 0.257 e. The van der Waals surface area contributed by atoms with Crippen LogP contribution in [0.15, 0.2) is 48.5 Å². The number of anilines is 1. The molecule has 6 nitrogen and oxygen atoms in total. The Morgan fingerprint density at radius 1 is 1.10 bits per heavy atom. The monoisotopic (exact) mass is 412 g/mol. The van der Waals surface area contributed by atoms with Crippen LogP contribution in [0.5, 0.6) is 5.75 Å². The minimum Gasteiger partial charge on any atom is -0.497 e. The van der Waals surface area contributed by atoms with Gasteiger partial charge >= 0.3 is 0 Å². The highest BCUT2D eigenvalue weighted by molar-refractivity contribution is 6.30. The highest BCUT2D eigenvalue weighted by Crippen LogP contribution is 2.35. The Labute approximate surface area is 174 Å². The van der Waals surface area contributed by atoms with Crippen LogP contribution in [0.4, 0.5) is 5.69 Å². The van der Waals surface area contributed by atoms with Gasteiger partial charge in [0.25, 0.3) is 5.91 Å². The molecule has 4 rings (SSSR count). The molecule has 1 aliphatic carbocycles. The Bertz CT molecular complexity index is 938. The maximum Gasteiger partial charge on any atom is 0.257 e. The van der Waals surface area contributed by atoms with Gasteiger partial charge in [-0.2, -0.15) is 0 Å². The Morgan fingerprint density at radius 3 is 2.34 bits per heavy atom. The van der Waals surface area contributed by atoms with Crippen LogP contribution in [0, 0.1) is 0 Å². The molecule has 1 atom stereocenters. The number of methoxy groups -OCH3 is 1. The predicted molar refractivity (Wildman–Crippen MR) is 109 cm³/mol. The van der Waals surface area contributed by atoms with Gasteiger partial charge in [0.2, 0.25) is 11.8 Å². The van der Waals surface area contributed by atoms with Gasteiger partial charge in [0.15, 0.2) is 0 Å². The summed E-state index contributed by atoms with van der Waals surface area (Å²) in [6.07, 6.45) is 1.89. The van der Waals surface area contributed by atoms with Crippen LogP contribution in [0.2, 0.25) is 5.02 Å². The number of carbonyl (C=O) groups excluding carboxylic acids is 3. The van der Waals surface area contributed by atoms with Crippen molar-refractivity contribution >= 4 is 35.0 Å². The molecular formula is C22H21ClN2O4. The van der Waals surface area contributed by atoms with Crippen molar-refractivity contribution in [1.82, 2.24) is 4.90 Å². The van der Waals surface area contributed by atoms with Crippen molar-refractivity contribution in [2.45, 2.75) is 37.8 Å². The number of halogens is 1. The van der Waals surface area contributed by atoms with Gasteiger partial charge in [0.1, 0.15) is 11.8 Å². The summed E-state index contributed by atoms with van der Waals surface area (Å²) in [6, 6.07) is 13.1. The van der Waals surface area contributed by atoms with Gasteiger partial charge in [-0.25, -0.2) is 4.90 Å². The molecule has 2 aromatic carbocycles. The summed E-state index contributed by atoms with van der Waals surface area (Å²) in [5.41, 5.74) is 1.32. The third-order valence-electron chi connectivity index (χ3n) is 5.29. The fourth-order valence-electron chi connectivity index (χ4n) is 3.69. The number of benzene rings is 2. The zero-order chi connectivity index (χ0) is 20.5. The molecule has 1 unspecified atom stereocenters. The summed E-state index contributed by atoms with van der Waals surface area (Å²) in [7, 11) is 1.55. The van der Waals surface area contributed by atoms with Crippen molar-refractivity contribution in [2.75, 3.05) is 12.0 Å². The van der Waals surface area contributed by atoms with Gasteiger partial charge in [0.05, 0.1) is 25.6 Å². The van der Waals surface area contributed by atoms with Gasteiger partial charge in [-0.15, -0.1) is 0 Å². The van der Waals surface area contributed by atoms with Crippen LogP contribution in [0.3, 0.4) is 0 Å². The lowest BCUT2D eigenvalue weighted by atomic mass is 10.1. The van der Waals surface area contributed by atoms with E-state index >= 15 is 0 Å². The van der Waals surface area contributed by atoms with E-state index in [2.05, 4.69) is 0 Å². The van der Waals surface area contributed by atoms with Crippen LogP contribution in [-0.4, -0.2) is 41.8 Å². The zero-order valence-corrected chi connectivity index (χ0v) is 16.8. The van der Waals surface area contributed by atoms with Gasteiger partial charge in [-0.3, -0.25) is 14.4 Å². The topological polar surface area (TPSA) is 66.9 Å². The van der Waals surface area contributed by atoms with E-state index in [4.69, 9.17) is 16.3 Å². The number of amides is 3. The molecule has 0 spiro atoms. The summed E-state index contributed by atoms with van der Waals surface area (Å²) < 4.78 is 5.13. The summed E-state index contributed by atoms with van der Waals surface area (Å²) >= 11 is 5.91. The van der Waals surface area contributed by atoms with E-state index in [0.717, 1.165) is 18.4 Å². The SMILES string of the molecule is COc1ccc(N2C(=O)CC(N(C(=O)Cc3ccc(Cl)cc3)C3CC3)C2=O)cc1. The second-order valence-corrected chi connectivity index (χ2v) is 7.76. The number of ether oxygens (including phenoxy) is 1. The average molecular weight is 413 g/mol. The van der Waals surface area contributed by atoms with Crippen molar-refractivity contribution in [2.24, 2.45) is 0 Å². The number of hydrogen-bond donors (Lipinski definition) is 0.